The van der Waals surface area contributed by atoms with E-state index in [0.717, 1.165) is 17.0 Å². The van der Waals surface area contributed by atoms with Gasteiger partial charge in [0.1, 0.15) is 4.88 Å². The maximum absolute atomic E-state index is 12.0. The van der Waals surface area contributed by atoms with Crippen LogP contribution in [0.3, 0.4) is 0 Å². The van der Waals surface area contributed by atoms with Crippen LogP contribution in [0.2, 0.25) is 0 Å². The molecule has 8 heteroatoms. The smallest absolute Gasteiger partial charge is 0.348 e. The first-order valence-electron chi connectivity index (χ1n) is 8.66. The minimum atomic E-state index is -0.644. The molecule has 0 atom stereocenters. The third-order valence-electron chi connectivity index (χ3n) is 3.68. The number of anilines is 1. The Morgan fingerprint density at radius 1 is 0.862 bits per heavy atom. The number of hydrogen-bond acceptors (Lipinski definition) is 7. The Morgan fingerprint density at radius 3 is 2.10 bits per heavy atom. The van der Waals surface area contributed by atoms with Crippen molar-refractivity contribution in [1.29, 1.82) is 0 Å². The fourth-order valence-electron chi connectivity index (χ4n) is 2.26. The van der Waals surface area contributed by atoms with Gasteiger partial charge in [-0.2, -0.15) is 10.2 Å². The number of hydrogen-bond donors (Lipinski definition) is 1. The number of thiophene rings is 1. The van der Waals surface area contributed by atoms with Crippen LogP contribution in [0.1, 0.15) is 26.3 Å². The predicted octanol–water partition coefficient (Wildman–Crippen LogP) is 5.16. The summed E-state index contributed by atoms with van der Waals surface area (Å²) in [6, 6.07) is 19.2. The Morgan fingerprint density at radius 2 is 1.48 bits per heavy atom. The molecule has 0 saturated carbocycles. The highest BCUT2D eigenvalue weighted by molar-refractivity contribution is 7.15. The normalized spacial score (nSPS) is 10.7. The van der Waals surface area contributed by atoms with E-state index in [1.807, 2.05) is 30.3 Å². The van der Waals surface area contributed by atoms with Gasteiger partial charge in [0.05, 0.1) is 16.3 Å². The van der Waals surface area contributed by atoms with Gasteiger partial charge < -0.3 is 10.1 Å². The van der Waals surface area contributed by atoms with Crippen molar-refractivity contribution in [1.82, 2.24) is 0 Å². The van der Waals surface area contributed by atoms with Gasteiger partial charge in [0, 0.05) is 5.69 Å². The fraction of sp³-hybridized carbons (Fsp3) is 0.0952. The van der Waals surface area contributed by atoms with E-state index in [1.165, 1.54) is 13.0 Å². The van der Waals surface area contributed by atoms with Crippen molar-refractivity contribution >= 4 is 46.1 Å². The van der Waals surface area contributed by atoms with E-state index in [2.05, 4.69) is 15.5 Å². The second-order valence-electron chi connectivity index (χ2n) is 5.93. The SMILES string of the molecule is CC(=O)c1ccc(C(=O)OCC(=O)Nc2ccc(N=Nc3ccccc3)cc2)s1. The maximum Gasteiger partial charge on any atom is 0.348 e. The lowest BCUT2D eigenvalue weighted by Gasteiger charge is -2.06. The molecule has 3 rings (SSSR count). The van der Waals surface area contributed by atoms with Gasteiger partial charge in [-0.15, -0.1) is 11.3 Å². The summed E-state index contributed by atoms with van der Waals surface area (Å²) in [6.07, 6.45) is 0. The van der Waals surface area contributed by atoms with Gasteiger partial charge in [-0.3, -0.25) is 9.59 Å². The van der Waals surface area contributed by atoms with Crippen LogP contribution in [0.25, 0.3) is 0 Å². The molecule has 0 unspecified atom stereocenters. The summed E-state index contributed by atoms with van der Waals surface area (Å²) in [6.45, 7) is 0.990. The van der Waals surface area contributed by atoms with Crippen LogP contribution in [0.4, 0.5) is 17.1 Å². The van der Waals surface area contributed by atoms with E-state index in [0.29, 0.717) is 16.3 Å². The Kier molecular flexibility index (Phi) is 6.59. The average molecular weight is 407 g/mol. The lowest BCUT2D eigenvalue weighted by Crippen LogP contribution is -2.20. The number of benzene rings is 2. The van der Waals surface area contributed by atoms with Crippen molar-refractivity contribution in [2.45, 2.75) is 6.92 Å². The highest BCUT2D eigenvalue weighted by Crippen LogP contribution is 2.20. The summed E-state index contributed by atoms with van der Waals surface area (Å²) in [5, 5.41) is 10.9. The van der Waals surface area contributed by atoms with Crippen molar-refractivity contribution in [3.05, 3.63) is 76.5 Å². The van der Waals surface area contributed by atoms with Crippen molar-refractivity contribution in [2.75, 3.05) is 11.9 Å². The van der Waals surface area contributed by atoms with Gasteiger partial charge in [0.15, 0.2) is 12.4 Å². The Labute approximate surface area is 171 Å². The lowest BCUT2D eigenvalue weighted by molar-refractivity contribution is -0.119. The topological polar surface area (TPSA) is 97.2 Å². The Bertz CT molecular complexity index is 1040. The van der Waals surface area contributed by atoms with Gasteiger partial charge in [-0.1, -0.05) is 18.2 Å². The monoisotopic (exact) mass is 407 g/mol. The fourth-order valence-corrected chi connectivity index (χ4v) is 3.05. The maximum atomic E-state index is 12.0. The molecule has 0 bridgehead atoms. The Balaban J connectivity index is 1.49. The molecule has 0 aliphatic heterocycles. The molecular formula is C21H17N3O4S. The molecule has 146 valence electrons. The van der Waals surface area contributed by atoms with E-state index in [9.17, 15) is 14.4 Å². The molecule has 2 aromatic carbocycles. The molecule has 0 saturated heterocycles. The second kappa shape index (κ2) is 9.52. The number of Topliss-reactive ketones (excluding diaryl/α,β-unsaturated/α-hetero) is 1. The largest absolute Gasteiger partial charge is 0.451 e. The van der Waals surface area contributed by atoms with Crippen LogP contribution in [0, 0.1) is 0 Å². The minimum Gasteiger partial charge on any atom is -0.451 e. The average Bonchev–Trinajstić information content (AvgIpc) is 3.23. The summed E-state index contributed by atoms with van der Waals surface area (Å²) < 4.78 is 4.98. The first kappa shape index (κ1) is 20.1. The first-order valence-corrected chi connectivity index (χ1v) is 9.47. The van der Waals surface area contributed by atoms with E-state index in [4.69, 9.17) is 4.74 Å². The van der Waals surface area contributed by atoms with Crippen LogP contribution >= 0.6 is 11.3 Å². The molecule has 0 aliphatic carbocycles. The van der Waals surface area contributed by atoms with Crippen molar-refractivity contribution in [3.8, 4) is 0 Å². The summed E-state index contributed by atoms with van der Waals surface area (Å²) in [5.41, 5.74) is 1.92. The third-order valence-corrected chi connectivity index (χ3v) is 4.84. The van der Waals surface area contributed by atoms with E-state index >= 15 is 0 Å². The number of nitrogens with one attached hydrogen (secondary N) is 1. The van der Waals surface area contributed by atoms with Gasteiger partial charge in [0.25, 0.3) is 5.91 Å². The van der Waals surface area contributed by atoms with Crippen molar-refractivity contribution in [2.24, 2.45) is 10.2 Å². The molecule has 0 spiro atoms. The zero-order valence-electron chi connectivity index (χ0n) is 15.5. The number of ketones is 1. The molecular weight excluding hydrogens is 390 g/mol. The van der Waals surface area contributed by atoms with Crippen LogP contribution in [0.15, 0.2) is 77.0 Å². The summed E-state index contributed by atoms with van der Waals surface area (Å²) in [7, 11) is 0. The number of carbonyl (C=O) groups is 3. The molecule has 1 amide bonds. The van der Waals surface area contributed by atoms with E-state index in [1.54, 1.807) is 30.3 Å². The van der Waals surface area contributed by atoms with Gasteiger partial charge >= 0.3 is 5.97 Å². The molecule has 1 N–H and O–H groups in total. The number of rotatable bonds is 7. The molecule has 29 heavy (non-hydrogen) atoms. The number of esters is 1. The zero-order chi connectivity index (χ0) is 20.6. The summed E-state index contributed by atoms with van der Waals surface area (Å²) in [5.74, 6) is -1.24. The molecule has 1 aromatic heterocycles. The molecule has 0 aliphatic rings. The van der Waals surface area contributed by atoms with E-state index in [-0.39, 0.29) is 10.7 Å². The highest BCUT2D eigenvalue weighted by Gasteiger charge is 2.14. The standard InChI is InChI=1S/C21H17N3O4S/c1-14(25)18-11-12-19(29-18)21(27)28-13-20(26)22-15-7-9-17(10-8-15)24-23-16-5-3-2-4-6-16/h2-12H,13H2,1H3,(H,22,26). The number of carbonyl (C=O) groups excluding carboxylic acids is 3. The highest BCUT2D eigenvalue weighted by atomic mass is 32.1. The number of ether oxygens (including phenoxy) is 1. The number of amides is 1. The third kappa shape index (κ3) is 5.91. The van der Waals surface area contributed by atoms with Crippen molar-refractivity contribution in [3.63, 3.8) is 0 Å². The van der Waals surface area contributed by atoms with Gasteiger partial charge in [0.2, 0.25) is 0 Å². The quantitative estimate of drug-likeness (QED) is 0.332. The molecule has 1 heterocycles. The zero-order valence-corrected chi connectivity index (χ0v) is 16.3. The van der Waals surface area contributed by atoms with Gasteiger partial charge in [-0.25, -0.2) is 4.79 Å². The minimum absolute atomic E-state index is 0.126. The summed E-state index contributed by atoms with van der Waals surface area (Å²) >= 11 is 1.03. The van der Waals surface area contributed by atoms with Crippen LogP contribution in [-0.4, -0.2) is 24.3 Å². The second-order valence-corrected chi connectivity index (χ2v) is 7.01. The Hall–Kier alpha value is -3.65. The molecule has 7 nitrogen and oxygen atoms in total. The molecule has 0 radical (unpaired) electrons. The number of azo groups is 1. The lowest BCUT2D eigenvalue weighted by atomic mass is 10.3. The summed E-state index contributed by atoms with van der Waals surface area (Å²) in [4.78, 5) is 35.9. The first-order chi connectivity index (χ1) is 14.0. The van der Waals surface area contributed by atoms with Gasteiger partial charge in [-0.05, 0) is 55.5 Å². The molecule has 0 fully saturated rings. The van der Waals surface area contributed by atoms with Crippen LogP contribution < -0.4 is 5.32 Å². The van der Waals surface area contributed by atoms with Crippen LogP contribution in [-0.2, 0) is 9.53 Å². The van der Waals surface area contributed by atoms with Crippen molar-refractivity contribution < 1.29 is 19.1 Å². The van der Waals surface area contributed by atoms with Crippen LogP contribution in [0.5, 0.6) is 0 Å². The number of nitrogens with zero attached hydrogens (tertiary/aromatic N) is 2. The van der Waals surface area contributed by atoms with E-state index < -0.39 is 18.5 Å². The molecule has 3 aromatic rings. The predicted molar refractivity (Wildman–Crippen MR) is 110 cm³/mol.